The van der Waals surface area contributed by atoms with Crippen molar-refractivity contribution in [3.05, 3.63) is 65.7 Å². The topological polar surface area (TPSA) is 64.2 Å². The van der Waals surface area contributed by atoms with Crippen molar-refractivity contribution in [1.82, 2.24) is 14.7 Å². The summed E-state index contributed by atoms with van der Waals surface area (Å²) in [5.74, 6) is 0.724. The first-order chi connectivity index (χ1) is 19.5. The van der Waals surface area contributed by atoms with Crippen molar-refractivity contribution in [3.63, 3.8) is 0 Å². The van der Waals surface area contributed by atoms with E-state index in [2.05, 4.69) is 17.0 Å². The summed E-state index contributed by atoms with van der Waals surface area (Å²) >= 11 is 0. The molecule has 212 valence electrons. The number of likely N-dealkylation sites (tertiary alicyclic amines) is 2. The number of anilines is 1. The summed E-state index contributed by atoms with van der Waals surface area (Å²) in [4.78, 5) is 48.3. The fraction of sp³-hybridized carbons (Fsp3) is 0.545. The summed E-state index contributed by atoms with van der Waals surface area (Å²) in [5, 5.41) is 0. The van der Waals surface area contributed by atoms with Crippen molar-refractivity contribution in [2.75, 3.05) is 44.3 Å². The number of para-hydroxylation sites is 1. The van der Waals surface area contributed by atoms with E-state index in [1.54, 1.807) is 4.90 Å². The predicted octanol–water partition coefficient (Wildman–Crippen LogP) is 5.03. The Labute approximate surface area is 238 Å². The largest absolute Gasteiger partial charge is 0.341 e. The highest BCUT2D eigenvalue weighted by molar-refractivity contribution is 5.97. The molecule has 0 N–H and O–H groups in total. The second-order valence-corrected chi connectivity index (χ2v) is 12.1. The third-order valence-corrected chi connectivity index (χ3v) is 9.73. The van der Waals surface area contributed by atoms with Gasteiger partial charge in [0.2, 0.25) is 5.91 Å². The van der Waals surface area contributed by atoms with Crippen LogP contribution in [0.2, 0.25) is 0 Å². The quantitative estimate of drug-likeness (QED) is 0.532. The van der Waals surface area contributed by atoms with Crippen LogP contribution < -0.4 is 4.90 Å². The van der Waals surface area contributed by atoms with Crippen LogP contribution in [0.25, 0.3) is 0 Å². The number of nitrogens with zero attached hydrogens (tertiary/aromatic N) is 4. The molecule has 0 radical (unpaired) electrons. The molecule has 3 saturated heterocycles. The van der Waals surface area contributed by atoms with Gasteiger partial charge in [-0.05, 0) is 80.7 Å². The monoisotopic (exact) mass is 542 g/mol. The predicted molar refractivity (Wildman–Crippen MR) is 156 cm³/mol. The molecule has 3 amide bonds. The Hall–Kier alpha value is -3.35. The van der Waals surface area contributed by atoms with Crippen molar-refractivity contribution in [2.24, 2.45) is 0 Å². The molecule has 4 aliphatic rings. The molecule has 7 heteroatoms. The first kappa shape index (κ1) is 26.9. The number of amides is 3. The van der Waals surface area contributed by atoms with E-state index >= 15 is 0 Å². The molecule has 6 rings (SSSR count). The first-order valence-electron chi connectivity index (χ1n) is 15.3. The molecular formula is C33H42N4O3. The van der Waals surface area contributed by atoms with E-state index in [1.807, 2.05) is 52.3 Å². The van der Waals surface area contributed by atoms with Gasteiger partial charge in [-0.1, -0.05) is 49.6 Å². The Kier molecular flexibility index (Phi) is 7.81. The van der Waals surface area contributed by atoms with Crippen molar-refractivity contribution >= 4 is 23.4 Å². The van der Waals surface area contributed by atoms with Gasteiger partial charge in [0.25, 0.3) is 11.8 Å². The van der Waals surface area contributed by atoms with Crippen LogP contribution in [0, 0.1) is 0 Å². The Morgan fingerprint density at radius 1 is 0.750 bits per heavy atom. The highest BCUT2D eigenvalue weighted by Crippen LogP contribution is 2.40. The SMILES string of the molecule is O=C(CN1CN(c2ccccc2)C2(CCN(C(=O)c3ccc(C4CCCCC4)cc3)CC2)C1=O)N1CCCCC1. The minimum Gasteiger partial charge on any atom is -0.341 e. The maximum atomic E-state index is 14.0. The van der Waals surface area contributed by atoms with Gasteiger partial charge in [-0.3, -0.25) is 14.4 Å². The highest BCUT2D eigenvalue weighted by Gasteiger charge is 2.54. The normalized spacial score (nSPS) is 21.8. The molecule has 7 nitrogen and oxygen atoms in total. The number of hydrogen-bond donors (Lipinski definition) is 0. The van der Waals surface area contributed by atoms with Gasteiger partial charge in [0.15, 0.2) is 0 Å². The van der Waals surface area contributed by atoms with Gasteiger partial charge >= 0.3 is 0 Å². The van der Waals surface area contributed by atoms with Crippen LogP contribution in [-0.4, -0.2) is 77.4 Å². The number of carbonyl (C=O) groups excluding carboxylic acids is 3. The Morgan fingerprint density at radius 2 is 1.40 bits per heavy atom. The fourth-order valence-electron chi connectivity index (χ4n) is 7.33. The zero-order valence-corrected chi connectivity index (χ0v) is 23.6. The molecule has 3 heterocycles. The van der Waals surface area contributed by atoms with E-state index in [-0.39, 0.29) is 24.3 Å². The van der Waals surface area contributed by atoms with Crippen LogP contribution in [0.3, 0.4) is 0 Å². The number of hydrogen-bond acceptors (Lipinski definition) is 4. The Balaban J connectivity index is 1.15. The Bertz CT molecular complexity index is 1190. The molecule has 1 saturated carbocycles. The minimum atomic E-state index is -0.731. The number of rotatable bonds is 5. The molecule has 0 bridgehead atoms. The average Bonchev–Trinajstić information content (AvgIpc) is 3.28. The molecule has 40 heavy (non-hydrogen) atoms. The van der Waals surface area contributed by atoms with E-state index < -0.39 is 5.54 Å². The van der Waals surface area contributed by atoms with Gasteiger partial charge in [0.05, 0.1) is 6.67 Å². The third kappa shape index (κ3) is 5.23. The summed E-state index contributed by atoms with van der Waals surface area (Å²) in [6.07, 6.45) is 10.8. The molecule has 1 aliphatic carbocycles. The van der Waals surface area contributed by atoms with Gasteiger partial charge in [-0.2, -0.15) is 0 Å². The van der Waals surface area contributed by atoms with Crippen LogP contribution in [0.4, 0.5) is 5.69 Å². The van der Waals surface area contributed by atoms with E-state index in [0.29, 0.717) is 38.5 Å². The lowest BCUT2D eigenvalue weighted by molar-refractivity contribution is -0.141. The van der Waals surface area contributed by atoms with E-state index in [4.69, 9.17) is 0 Å². The zero-order chi connectivity index (χ0) is 27.5. The molecule has 1 spiro atoms. The molecule has 3 aliphatic heterocycles. The van der Waals surface area contributed by atoms with Gasteiger partial charge < -0.3 is 19.6 Å². The lowest BCUT2D eigenvalue weighted by Crippen LogP contribution is -2.57. The molecular weight excluding hydrogens is 500 g/mol. The molecule has 0 atom stereocenters. The summed E-state index contributed by atoms with van der Waals surface area (Å²) in [6.45, 7) is 3.14. The fourth-order valence-corrected chi connectivity index (χ4v) is 7.33. The van der Waals surface area contributed by atoms with Crippen molar-refractivity contribution in [1.29, 1.82) is 0 Å². The molecule has 2 aromatic rings. The van der Waals surface area contributed by atoms with E-state index in [0.717, 1.165) is 43.6 Å². The van der Waals surface area contributed by atoms with Gasteiger partial charge in [0, 0.05) is 37.4 Å². The standard InChI is InChI=1S/C33H42N4O3/c38-30(34-20-8-3-9-21-34)24-36-25-37(29-12-6-2-7-13-29)33(32(36)40)18-22-35(23-19-33)31(39)28-16-14-27(15-17-28)26-10-4-1-5-11-26/h2,6-7,12-17,26H,1,3-5,8-11,18-25H2. The molecule has 2 aromatic carbocycles. The van der Waals surface area contributed by atoms with Gasteiger partial charge in [-0.25, -0.2) is 0 Å². The highest BCUT2D eigenvalue weighted by atomic mass is 16.2. The number of carbonyl (C=O) groups is 3. The van der Waals surface area contributed by atoms with Crippen LogP contribution in [0.5, 0.6) is 0 Å². The van der Waals surface area contributed by atoms with E-state index in [9.17, 15) is 14.4 Å². The second-order valence-electron chi connectivity index (χ2n) is 12.1. The van der Waals surface area contributed by atoms with Crippen molar-refractivity contribution in [3.8, 4) is 0 Å². The number of piperidine rings is 2. The van der Waals surface area contributed by atoms with Crippen molar-refractivity contribution in [2.45, 2.75) is 75.7 Å². The van der Waals surface area contributed by atoms with Crippen LogP contribution >= 0.6 is 0 Å². The van der Waals surface area contributed by atoms with Crippen LogP contribution in [0.1, 0.15) is 86.0 Å². The summed E-state index contributed by atoms with van der Waals surface area (Å²) in [6, 6.07) is 18.3. The van der Waals surface area contributed by atoms with Crippen molar-refractivity contribution < 1.29 is 14.4 Å². The zero-order valence-electron chi connectivity index (χ0n) is 23.6. The van der Waals surface area contributed by atoms with Crippen LogP contribution in [-0.2, 0) is 9.59 Å². The maximum Gasteiger partial charge on any atom is 0.253 e. The lowest BCUT2D eigenvalue weighted by atomic mass is 9.83. The maximum absolute atomic E-state index is 14.0. The molecule has 4 fully saturated rings. The second kappa shape index (κ2) is 11.6. The molecule has 0 unspecified atom stereocenters. The Morgan fingerprint density at radius 3 is 2.08 bits per heavy atom. The van der Waals surface area contributed by atoms with E-state index in [1.165, 1.54) is 37.7 Å². The van der Waals surface area contributed by atoms with Gasteiger partial charge in [0.1, 0.15) is 12.1 Å². The van der Waals surface area contributed by atoms with Crippen LogP contribution in [0.15, 0.2) is 54.6 Å². The number of benzene rings is 2. The third-order valence-electron chi connectivity index (χ3n) is 9.73. The summed E-state index contributed by atoms with van der Waals surface area (Å²) < 4.78 is 0. The summed E-state index contributed by atoms with van der Waals surface area (Å²) in [5.41, 5.74) is 2.33. The minimum absolute atomic E-state index is 0.0191. The lowest BCUT2D eigenvalue weighted by Gasteiger charge is -2.43. The first-order valence-corrected chi connectivity index (χ1v) is 15.3. The average molecular weight is 543 g/mol. The molecule has 0 aromatic heterocycles. The summed E-state index contributed by atoms with van der Waals surface area (Å²) in [7, 11) is 0. The smallest absolute Gasteiger partial charge is 0.253 e. The van der Waals surface area contributed by atoms with Gasteiger partial charge in [-0.15, -0.1) is 0 Å².